The molecule has 0 atom stereocenters. The van der Waals surface area contributed by atoms with E-state index in [-0.39, 0.29) is 11.9 Å². The van der Waals surface area contributed by atoms with Crippen LogP contribution in [0.3, 0.4) is 0 Å². The van der Waals surface area contributed by atoms with Crippen molar-refractivity contribution in [3.63, 3.8) is 0 Å². The summed E-state index contributed by atoms with van der Waals surface area (Å²) in [6, 6.07) is 10.4. The van der Waals surface area contributed by atoms with Crippen molar-refractivity contribution in [1.82, 2.24) is 10.3 Å². The fraction of sp³-hybridized carbons (Fsp3) is 0.250. The Balaban J connectivity index is 2.10. The number of amides is 1. The number of benzene rings is 1. The maximum absolute atomic E-state index is 12.0. The molecule has 2 aromatic heterocycles. The van der Waals surface area contributed by atoms with Crippen molar-refractivity contribution < 1.29 is 4.79 Å². The van der Waals surface area contributed by atoms with Gasteiger partial charge in [0.1, 0.15) is 4.83 Å². The summed E-state index contributed by atoms with van der Waals surface area (Å²) in [5.41, 5.74) is 2.19. The first-order valence-corrected chi connectivity index (χ1v) is 7.46. The molecule has 3 rings (SSSR count). The summed E-state index contributed by atoms with van der Waals surface area (Å²) in [5.74, 6) is -0.0248. The molecular formula is C16H16N2OS. The van der Waals surface area contributed by atoms with E-state index >= 15 is 0 Å². The molecule has 0 unspecified atom stereocenters. The summed E-state index contributed by atoms with van der Waals surface area (Å²) < 4.78 is 0. The van der Waals surface area contributed by atoms with Crippen molar-refractivity contribution in [3.05, 3.63) is 40.8 Å². The maximum atomic E-state index is 12.0. The lowest BCUT2D eigenvalue weighted by Crippen LogP contribution is -2.29. The lowest BCUT2D eigenvalue weighted by Gasteiger charge is -2.05. The van der Waals surface area contributed by atoms with Gasteiger partial charge < -0.3 is 5.32 Å². The van der Waals surface area contributed by atoms with Crippen LogP contribution < -0.4 is 5.32 Å². The number of carbonyl (C=O) groups excluding carboxylic acids is 1. The molecule has 0 saturated carbocycles. The number of carbonyl (C=O) groups is 1. The molecule has 0 aliphatic rings. The molecule has 1 aromatic carbocycles. The molecule has 1 N–H and O–H groups in total. The zero-order chi connectivity index (χ0) is 14.3. The summed E-state index contributed by atoms with van der Waals surface area (Å²) in [4.78, 5) is 18.3. The van der Waals surface area contributed by atoms with Crippen LogP contribution in [0.1, 0.15) is 29.1 Å². The Morgan fingerprint density at radius 2 is 2.00 bits per heavy atom. The van der Waals surface area contributed by atoms with Crippen molar-refractivity contribution in [2.45, 2.75) is 26.8 Å². The number of aromatic nitrogens is 1. The van der Waals surface area contributed by atoms with Crippen molar-refractivity contribution in [3.8, 4) is 0 Å². The topological polar surface area (TPSA) is 42.0 Å². The number of hydrogen-bond donors (Lipinski definition) is 1. The van der Waals surface area contributed by atoms with Crippen LogP contribution in [0.5, 0.6) is 0 Å². The third kappa shape index (κ3) is 2.39. The summed E-state index contributed by atoms with van der Waals surface area (Å²) in [6.45, 7) is 5.99. The zero-order valence-electron chi connectivity index (χ0n) is 11.7. The van der Waals surface area contributed by atoms with Crippen molar-refractivity contribution in [2.75, 3.05) is 0 Å². The first kappa shape index (κ1) is 13.1. The summed E-state index contributed by atoms with van der Waals surface area (Å²) in [5, 5.41) is 5.06. The highest BCUT2D eigenvalue weighted by molar-refractivity contribution is 7.20. The Morgan fingerprint density at radius 1 is 1.20 bits per heavy atom. The average molecular weight is 284 g/mol. The van der Waals surface area contributed by atoms with E-state index in [4.69, 9.17) is 0 Å². The lowest BCUT2D eigenvalue weighted by molar-refractivity contribution is 0.0947. The van der Waals surface area contributed by atoms with Gasteiger partial charge in [-0.15, -0.1) is 11.3 Å². The normalized spacial score (nSPS) is 11.4. The van der Waals surface area contributed by atoms with Gasteiger partial charge in [-0.1, -0.05) is 11.6 Å². The van der Waals surface area contributed by atoms with E-state index < -0.39 is 0 Å². The van der Waals surface area contributed by atoms with Gasteiger partial charge in [0.05, 0.1) is 10.4 Å². The number of nitrogens with one attached hydrogen (secondary N) is 1. The van der Waals surface area contributed by atoms with Crippen LogP contribution in [0.15, 0.2) is 30.3 Å². The molecule has 1 amide bonds. The van der Waals surface area contributed by atoms with Crippen molar-refractivity contribution >= 4 is 38.4 Å². The Morgan fingerprint density at radius 3 is 2.75 bits per heavy atom. The van der Waals surface area contributed by atoms with Gasteiger partial charge in [0, 0.05) is 16.8 Å². The third-order valence-corrected chi connectivity index (χ3v) is 4.14. The molecule has 0 aliphatic carbocycles. The van der Waals surface area contributed by atoms with Gasteiger partial charge in [0.25, 0.3) is 5.91 Å². The number of fused-ring (bicyclic) bond motifs is 2. The highest BCUT2D eigenvalue weighted by Gasteiger charge is 2.12. The van der Waals surface area contributed by atoms with Crippen LogP contribution in [0.4, 0.5) is 0 Å². The monoisotopic (exact) mass is 284 g/mol. The predicted molar refractivity (Wildman–Crippen MR) is 84.5 cm³/mol. The van der Waals surface area contributed by atoms with Gasteiger partial charge in [-0.25, -0.2) is 4.98 Å². The minimum Gasteiger partial charge on any atom is -0.349 e. The molecule has 0 saturated heterocycles. The second kappa shape index (κ2) is 4.87. The first-order chi connectivity index (χ1) is 9.52. The van der Waals surface area contributed by atoms with Gasteiger partial charge >= 0.3 is 0 Å². The smallest absolute Gasteiger partial charge is 0.261 e. The van der Waals surface area contributed by atoms with E-state index in [2.05, 4.69) is 35.4 Å². The lowest BCUT2D eigenvalue weighted by atomic mass is 10.1. The van der Waals surface area contributed by atoms with Gasteiger partial charge in [-0.2, -0.15) is 0 Å². The Labute approximate surface area is 121 Å². The summed E-state index contributed by atoms with van der Waals surface area (Å²) in [7, 11) is 0. The van der Waals surface area contributed by atoms with Crippen LogP contribution in [-0.2, 0) is 0 Å². The van der Waals surface area contributed by atoms with Crippen LogP contribution >= 0.6 is 11.3 Å². The quantitative estimate of drug-likeness (QED) is 0.775. The van der Waals surface area contributed by atoms with E-state index in [1.54, 1.807) is 0 Å². The fourth-order valence-electron chi connectivity index (χ4n) is 2.20. The molecule has 2 heterocycles. The molecule has 4 heteroatoms. The standard InChI is InChI=1S/C16H16N2OS/c1-9(2)17-15(19)14-8-12-7-11-6-10(3)4-5-13(11)18-16(12)20-14/h4-9H,1-3H3,(H,17,19). The fourth-order valence-corrected chi connectivity index (χ4v) is 3.13. The number of rotatable bonds is 2. The first-order valence-electron chi connectivity index (χ1n) is 6.65. The highest BCUT2D eigenvalue weighted by atomic mass is 32.1. The Bertz CT molecular complexity index is 805. The second-order valence-electron chi connectivity index (χ2n) is 5.32. The number of nitrogens with zero attached hydrogens (tertiary/aromatic N) is 1. The van der Waals surface area contributed by atoms with Crippen molar-refractivity contribution in [1.29, 1.82) is 0 Å². The minimum absolute atomic E-state index is 0.0248. The van der Waals surface area contributed by atoms with Gasteiger partial charge in [0.2, 0.25) is 0 Å². The van der Waals surface area contributed by atoms with E-state index in [1.807, 2.05) is 26.0 Å². The average Bonchev–Trinajstić information content (AvgIpc) is 2.78. The molecule has 0 bridgehead atoms. The molecule has 20 heavy (non-hydrogen) atoms. The van der Waals surface area contributed by atoms with Gasteiger partial charge in [0.15, 0.2) is 0 Å². The molecule has 102 valence electrons. The number of pyridine rings is 1. The highest BCUT2D eigenvalue weighted by Crippen LogP contribution is 2.27. The maximum Gasteiger partial charge on any atom is 0.261 e. The Hall–Kier alpha value is -1.94. The third-order valence-electron chi connectivity index (χ3n) is 3.10. The SMILES string of the molecule is Cc1ccc2nc3sc(C(=O)NC(C)C)cc3cc2c1. The second-order valence-corrected chi connectivity index (χ2v) is 6.35. The number of thiophene rings is 1. The Kier molecular flexibility index (Phi) is 3.18. The number of aryl methyl sites for hydroxylation is 1. The number of hydrogen-bond acceptors (Lipinski definition) is 3. The van der Waals surface area contributed by atoms with Gasteiger partial charge in [-0.3, -0.25) is 4.79 Å². The largest absolute Gasteiger partial charge is 0.349 e. The summed E-state index contributed by atoms with van der Waals surface area (Å²) >= 11 is 1.44. The van der Waals surface area contributed by atoms with Crippen LogP contribution in [0.25, 0.3) is 21.1 Å². The molecular weight excluding hydrogens is 268 g/mol. The van der Waals surface area contributed by atoms with E-state index in [9.17, 15) is 4.79 Å². The molecule has 0 spiro atoms. The van der Waals surface area contributed by atoms with Crippen LogP contribution in [-0.4, -0.2) is 16.9 Å². The molecule has 3 aromatic rings. The van der Waals surface area contributed by atoms with Crippen LogP contribution in [0.2, 0.25) is 0 Å². The molecule has 3 nitrogen and oxygen atoms in total. The van der Waals surface area contributed by atoms with E-state index in [0.29, 0.717) is 4.88 Å². The van der Waals surface area contributed by atoms with Gasteiger partial charge in [-0.05, 0) is 45.0 Å². The van der Waals surface area contributed by atoms with Crippen LogP contribution in [0, 0.1) is 6.92 Å². The molecule has 0 aliphatic heterocycles. The zero-order valence-corrected chi connectivity index (χ0v) is 12.5. The van der Waals surface area contributed by atoms with E-state index in [1.165, 1.54) is 16.9 Å². The minimum atomic E-state index is -0.0248. The molecule has 0 fully saturated rings. The van der Waals surface area contributed by atoms with Crippen molar-refractivity contribution in [2.24, 2.45) is 0 Å². The van der Waals surface area contributed by atoms with E-state index in [0.717, 1.165) is 21.1 Å². The summed E-state index contributed by atoms with van der Waals surface area (Å²) in [6.07, 6.45) is 0. The predicted octanol–water partition coefficient (Wildman–Crippen LogP) is 3.90. The molecule has 0 radical (unpaired) electrons.